The van der Waals surface area contributed by atoms with Crippen molar-refractivity contribution in [2.75, 3.05) is 13.2 Å². The second kappa shape index (κ2) is 8.04. The Morgan fingerprint density at radius 3 is 2.36 bits per heavy atom. The first-order chi connectivity index (χ1) is 11.8. The molecule has 6 nitrogen and oxygen atoms in total. The maximum atomic E-state index is 12.8. The molecular formula is C18H21FN2O4. The Labute approximate surface area is 145 Å². The molecule has 7 heteroatoms. The van der Waals surface area contributed by atoms with Crippen molar-refractivity contribution in [3.8, 4) is 5.75 Å². The van der Waals surface area contributed by atoms with E-state index in [1.165, 1.54) is 36.4 Å². The average Bonchev–Trinajstić information content (AvgIpc) is 2.59. The number of ether oxygens (including phenoxy) is 1. The van der Waals surface area contributed by atoms with Crippen LogP contribution in [0.15, 0.2) is 48.5 Å². The fraction of sp³-hybridized carbons (Fsp3) is 0.333. The Morgan fingerprint density at radius 1 is 1.20 bits per heavy atom. The van der Waals surface area contributed by atoms with Gasteiger partial charge >= 0.3 is 0 Å². The quantitative estimate of drug-likeness (QED) is 0.566. The second-order valence-corrected chi connectivity index (χ2v) is 6.23. The highest BCUT2D eigenvalue weighted by Crippen LogP contribution is 2.22. The molecule has 0 amide bonds. The van der Waals surface area contributed by atoms with Crippen molar-refractivity contribution in [2.45, 2.75) is 25.5 Å². The van der Waals surface area contributed by atoms with Crippen LogP contribution in [0.2, 0.25) is 0 Å². The number of hydrogen-bond acceptors (Lipinski definition) is 5. The summed E-state index contributed by atoms with van der Waals surface area (Å²) in [6.07, 6.45) is -0.762. The monoisotopic (exact) mass is 348 g/mol. The molecule has 0 saturated heterocycles. The van der Waals surface area contributed by atoms with Gasteiger partial charge in [0.05, 0.1) is 4.92 Å². The zero-order valence-corrected chi connectivity index (χ0v) is 14.1. The van der Waals surface area contributed by atoms with E-state index in [0.717, 1.165) is 5.56 Å². The van der Waals surface area contributed by atoms with Gasteiger partial charge in [-0.2, -0.15) is 0 Å². The summed E-state index contributed by atoms with van der Waals surface area (Å²) < 4.78 is 18.2. The van der Waals surface area contributed by atoms with Crippen molar-refractivity contribution in [2.24, 2.45) is 0 Å². The van der Waals surface area contributed by atoms with Gasteiger partial charge in [-0.1, -0.05) is 12.1 Å². The number of nitro benzene ring substituents is 1. The van der Waals surface area contributed by atoms with Crippen LogP contribution in [-0.2, 0) is 5.54 Å². The van der Waals surface area contributed by atoms with Crippen molar-refractivity contribution in [3.63, 3.8) is 0 Å². The van der Waals surface area contributed by atoms with Crippen LogP contribution in [-0.4, -0.2) is 29.3 Å². The van der Waals surface area contributed by atoms with Crippen LogP contribution >= 0.6 is 0 Å². The van der Waals surface area contributed by atoms with Gasteiger partial charge in [-0.3, -0.25) is 10.1 Å². The summed E-state index contributed by atoms with van der Waals surface area (Å²) in [5.41, 5.74) is 0.420. The largest absolute Gasteiger partial charge is 0.491 e. The minimum Gasteiger partial charge on any atom is -0.491 e. The van der Waals surface area contributed by atoms with Crippen LogP contribution in [0.3, 0.4) is 0 Å². The van der Waals surface area contributed by atoms with Gasteiger partial charge < -0.3 is 15.2 Å². The summed E-state index contributed by atoms with van der Waals surface area (Å²) in [5.74, 6) is 0.134. The molecule has 0 aliphatic heterocycles. The van der Waals surface area contributed by atoms with Crippen molar-refractivity contribution in [1.82, 2.24) is 5.32 Å². The Kier molecular flexibility index (Phi) is 6.06. The molecule has 0 bridgehead atoms. The van der Waals surface area contributed by atoms with Gasteiger partial charge in [0.2, 0.25) is 0 Å². The number of rotatable bonds is 8. The molecule has 0 aliphatic carbocycles. The number of halogens is 1. The molecule has 0 heterocycles. The summed E-state index contributed by atoms with van der Waals surface area (Å²) in [7, 11) is 0. The summed E-state index contributed by atoms with van der Waals surface area (Å²) in [4.78, 5) is 10.3. The van der Waals surface area contributed by atoms with Crippen LogP contribution in [0.5, 0.6) is 5.75 Å². The molecule has 0 fully saturated rings. The number of nitrogens with one attached hydrogen (secondary N) is 1. The third kappa shape index (κ3) is 5.51. The van der Waals surface area contributed by atoms with Crippen molar-refractivity contribution < 1.29 is 19.2 Å². The van der Waals surface area contributed by atoms with Gasteiger partial charge in [-0.05, 0) is 43.7 Å². The number of non-ortho nitro benzene ring substituents is 1. The lowest BCUT2D eigenvalue weighted by molar-refractivity contribution is -0.384. The zero-order valence-electron chi connectivity index (χ0n) is 14.1. The predicted molar refractivity (Wildman–Crippen MR) is 92.0 cm³/mol. The topological polar surface area (TPSA) is 84.6 Å². The Hall–Kier alpha value is -2.51. The Balaban J connectivity index is 1.85. The molecule has 2 N–H and O–H groups in total. The molecule has 1 unspecified atom stereocenters. The number of aliphatic hydroxyl groups is 1. The number of nitro groups is 1. The lowest BCUT2D eigenvalue weighted by atomic mass is 9.94. The normalized spacial score (nSPS) is 12.6. The highest BCUT2D eigenvalue weighted by molar-refractivity contribution is 5.35. The van der Waals surface area contributed by atoms with Gasteiger partial charge in [0.25, 0.3) is 5.69 Å². The fourth-order valence-corrected chi connectivity index (χ4v) is 2.26. The lowest BCUT2D eigenvalue weighted by Gasteiger charge is -2.28. The maximum absolute atomic E-state index is 12.8. The molecule has 0 saturated carbocycles. The van der Waals surface area contributed by atoms with E-state index >= 15 is 0 Å². The van der Waals surface area contributed by atoms with Crippen LogP contribution in [0.4, 0.5) is 10.1 Å². The highest BCUT2D eigenvalue weighted by atomic mass is 19.1. The van der Waals surface area contributed by atoms with Gasteiger partial charge in [-0.25, -0.2) is 4.39 Å². The molecule has 0 radical (unpaired) electrons. The molecule has 134 valence electrons. The first-order valence-corrected chi connectivity index (χ1v) is 7.84. The SMILES string of the molecule is CC(C)(NCC(O)COc1ccc(F)cc1)c1ccc([N+](=O)[O-])cc1. The lowest BCUT2D eigenvalue weighted by Crippen LogP contribution is -2.42. The van der Waals surface area contributed by atoms with E-state index in [1.54, 1.807) is 12.1 Å². The number of aliphatic hydroxyl groups excluding tert-OH is 1. The number of benzene rings is 2. The number of hydrogen-bond donors (Lipinski definition) is 2. The third-order valence-corrected chi connectivity index (χ3v) is 3.84. The molecule has 0 aromatic heterocycles. The predicted octanol–water partition coefficient (Wildman–Crippen LogP) is 3.00. The summed E-state index contributed by atoms with van der Waals surface area (Å²) in [5, 5.41) is 24.0. The van der Waals surface area contributed by atoms with Crippen molar-refractivity contribution >= 4 is 5.69 Å². The molecule has 2 aromatic carbocycles. The van der Waals surface area contributed by atoms with E-state index in [0.29, 0.717) is 5.75 Å². The minimum absolute atomic E-state index is 0.0345. The molecule has 1 atom stereocenters. The van der Waals surface area contributed by atoms with Crippen molar-refractivity contribution in [1.29, 1.82) is 0 Å². The van der Waals surface area contributed by atoms with Crippen LogP contribution < -0.4 is 10.1 Å². The van der Waals surface area contributed by atoms with E-state index in [9.17, 15) is 19.6 Å². The van der Waals surface area contributed by atoms with E-state index < -0.39 is 16.6 Å². The molecule has 2 aromatic rings. The molecule has 25 heavy (non-hydrogen) atoms. The first-order valence-electron chi connectivity index (χ1n) is 7.84. The van der Waals surface area contributed by atoms with Crippen molar-refractivity contribution in [3.05, 3.63) is 70.0 Å². The van der Waals surface area contributed by atoms with E-state index in [1.807, 2.05) is 13.8 Å². The van der Waals surface area contributed by atoms with Gasteiger partial charge in [0.1, 0.15) is 24.3 Å². The van der Waals surface area contributed by atoms with E-state index in [2.05, 4.69) is 5.32 Å². The maximum Gasteiger partial charge on any atom is 0.269 e. The van der Waals surface area contributed by atoms with Crippen LogP contribution in [0.1, 0.15) is 19.4 Å². The van der Waals surface area contributed by atoms with E-state index in [-0.39, 0.29) is 24.7 Å². The van der Waals surface area contributed by atoms with Crippen LogP contribution in [0.25, 0.3) is 0 Å². The highest BCUT2D eigenvalue weighted by Gasteiger charge is 2.22. The van der Waals surface area contributed by atoms with Gasteiger partial charge in [0, 0.05) is 24.2 Å². The fourth-order valence-electron chi connectivity index (χ4n) is 2.26. The van der Waals surface area contributed by atoms with Gasteiger partial charge in [0.15, 0.2) is 0 Å². The standard InChI is InChI=1S/C18H21FN2O4/c1-18(2,13-3-7-15(8-4-13)21(23)24)20-11-16(22)12-25-17-9-5-14(19)6-10-17/h3-10,16,20,22H,11-12H2,1-2H3. The Bertz CT molecular complexity index is 702. The summed E-state index contributed by atoms with van der Waals surface area (Å²) in [6, 6.07) is 11.8. The smallest absolute Gasteiger partial charge is 0.269 e. The first kappa shape index (κ1) is 18.8. The molecule has 0 spiro atoms. The third-order valence-electron chi connectivity index (χ3n) is 3.84. The molecule has 0 aliphatic rings. The van der Waals surface area contributed by atoms with Crippen LogP contribution in [0, 0.1) is 15.9 Å². The Morgan fingerprint density at radius 2 is 1.80 bits per heavy atom. The average molecular weight is 348 g/mol. The molecular weight excluding hydrogens is 327 g/mol. The minimum atomic E-state index is -0.762. The summed E-state index contributed by atoms with van der Waals surface area (Å²) >= 11 is 0. The van der Waals surface area contributed by atoms with Gasteiger partial charge in [-0.15, -0.1) is 0 Å². The second-order valence-electron chi connectivity index (χ2n) is 6.23. The number of nitrogens with zero attached hydrogens (tertiary/aromatic N) is 1. The summed E-state index contributed by atoms with van der Waals surface area (Å²) in [6.45, 7) is 4.17. The molecule has 2 rings (SSSR count). The van der Waals surface area contributed by atoms with E-state index in [4.69, 9.17) is 4.74 Å². The zero-order chi connectivity index (χ0) is 18.4.